The molecule has 0 unspecified atom stereocenters. The summed E-state index contributed by atoms with van der Waals surface area (Å²) in [6.07, 6.45) is 3.79. The summed E-state index contributed by atoms with van der Waals surface area (Å²) < 4.78 is 33.3. The number of nitrogens with zero attached hydrogens (tertiary/aromatic N) is 2. The monoisotopic (exact) mass is 491 g/mol. The molecule has 0 spiro atoms. The van der Waals surface area contributed by atoms with Gasteiger partial charge in [-0.2, -0.15) is 15.6 Å². The Hall–Kier alpha value is -2.27. The van der Waals surface area contributed by atoms with Crippen molar-refractivity contribution >= 4 is 44.3 Å². The molecule has 0 bridgehead atoms. The van der Waals surface area contributed by atoms with Crippen LogP contribution in [0.1, 0.15) is 41.0 Å². The van der Waals surface area contributed by atoms with E-state index in [1.54, 1.807) is 24.3 Å². The Morgan fingerprint density at radius 2 is 1.91 bits per heavy atom. The van der Waals surface area contributed by atoms with Crippen molar-refractivity contribution in [2.24, 2.45) is 0 Å². The summed E-state index contributed by atoms with van der Waals surface area (Å²) in [5.74, 6) is 0.0532. The highest BCUT2D eigenvalue weighted by molar-refractivity contribution is 7.89. The van der Waals surface area contributed by atoms with Gasteiger partial charge in [-0.05, 0) is 49.4 Å². The molecule has 1 N–H and O–H groups in total. The van der Waals surface area contributed by atoms with E-state index in [-0.39, 0.29) is 10.8 Å². The predicted molar refractivity (Wildman–Crippen MR) is 128 cm³/mol. The standard InChI is InChI=1S/C22H25N3O4S3/c1-15-20(31-22(23-15)16-9-12-30-14-16)21(26)24-18-13-17(7-8-19(18)29-2)32(27,28)25-10-5-3-4-6-11-25/h7-9,12-14H,3-6,10-11H2,1-2H3,(H,24,26). The zero-order valence-corrected chi connectivity index (χ0v) is 20.4. The van der Waals surface area contributed by atoms with Crippen LogP contribution >= 0.6 is 22.7 Å². The molecule has 2 aromatic heterocycles. The van der Waals surface area contributed by atoms with Crippen LogP contribution in [0.25, 0.3) is 10.6 Å². The topological polar surface area (TPSA) is 88.6 Å². The van der Waals surface area contributed by atoms with Crippen molar-refractivity contribution in [2.45, 2.75) is 37.5 Å². The van der Waals surface area contributed by atoms with E-state index < -0.39 is 10.0 Å². The molecule has 0 saturated carbocycles. The number of aryl methyl sites for hydroxylation is 1. The van der Waals surface area contributed by atoms with E-state index in [9.17, 15) is 13.2 Å². The average molecular weight is 492 g/mol. The minimum absolute atomic E-state index is 0.149. The number of thiophene rings is 1. The number of hydrogen-bond acceptors (Lipinski definition) is 7. The van der Waals surface area contributed by atoms with E-state index in [2.05, 4.69) is 10.3 Å². The van der Waals surface area contributed by atoms with Crippen molar-refractivity contribution in [3.63, 3.8) is 0 Å². The second kappa shape index (κ2) is 9.70. The fraction of sp³-hybridized carbons (Fsp3) is 0.364. The minimum Gasteiger partial charge on any atom is -0.495 e. The summed E-state index contributed by atoms with van der Waals surface area (Å²) >= 11 is 2.88. The second-order valence-corrected chi connectivity index (χ2v) is 11.3. The summed E-state index contributed by atoms with van der Waals surface area (Å²) in [4.78, 5) is 18.2. The lowest BCUT2D eigenvalue weighted by molar-refractivity contribution is 0.102. The van der Waals surface area contributed by atoms with Crippen LogP contribution < -0.4 is 10.1 Å². The number of nitrogens with one attached hydrogen (secondary N) is 1. The molecule has 1 aliphatic rings. The molecular weight excluding hydrogens is 466 g/mol. The Balaban J connectivity index is 1.61. The molecule has 0 aliphatic carbocycles. The highest BCUT2D eigenvalue weighted by Crippen LogP contribution is 2.33. The fourth-order valence-corrected chi connectivity index (χ4v) is 6.89. The van der Waals surface area contributed by atoms with Gasteiger partial charge < -0.3 is 10.1 Å². The zero-order chi connectivity index (χ0) is 22.7. The van der Waals surface area contributed by atoms with Gasteiger partial charge >= 0.3 is 0 Å². The van der Waals surface area contributed by atoms with Gasteiger partial charge in [-0.1, -0.05) is 12.8 Å². The van der Waals surface area contributed by atoms with E-state index in [1.807, 2.05) is 16.8 Å². The molecule has 0 atom stereocenters. The van der Waals surface area contributed by atoms with Crippen LogP contribution in [0.15, 0.2) is 39.9 Å². The van der Waals surface area contributed by atoms with Gasteiger partial charge in [0.2, 0.25) is 10.0 Å². The summed E-state index contributed by atoms with van der Waals surface area (Å²) in [6, 6.07) is 6.55. The quantitative estimate of drug-likeness (QED) is 0.524. The summed E-state index contributed by atoms with van der Waals surface area (Å²) in [5.41, 5.74) is 1.92. The maximum Gasteiger partial charge on any atom is 0.267 e. The molecule has 3 aromatic rings. The first-order chi connectivity index (χ1) is 15.4. The number of ether oxygens (including phenoxy) is 1. The molecule has 10 heteroatoms. The SMILES string of the molecule is COc1ccc(S(=O)(=O)N2CCCCCC2)cc1NC(=O)c1sc(-c2ccsc2)nc1C. The van der Waals surface area contributed by atoms with Gasteiger partial charge in [-0.3, -0.25) is 4.79 Å². The number of carbonyl (C=O) groups excluding carboxylic acids is 1. The number of thiazole rings is 1. The molecule has 1 amide bonds. The lowest BCUT2D eigenvalue weighted by Crippen LogP contribution is -2.32. The Morgan fingerprint density at radius 3 is 2.56 bits per heavy atom. The molecular formula is C22H25N3O4S3. The van der Waals surface area contributed by atoms with E-state index in [1.165, 1.54) is 34.9 Å². The Labute approximate surface area is 196 Å². The number of hydrogen-bond donors (Lipinski definition) is 1. The molecule has 1 aromatic carbocycles. The third kappa shape index (κ3) is 4.73. The predicted octanol–water partition coefficient (Wildman–Crippen LogP) is 5.01. The van der Waals surface area contributed by atoms with Gasteiger partial charge in [0.1, 0.15) is 15.6 Å². The molecule has 170 valence electrons. The zero-order valence-electron chi connectivity index (χ0n) is 18.0. The largest absolute Gasteiger partial charge is 0.495 e. The highest BCUT2D eigenvalue weighted by Gasteiger charge is 2.27. The fourth-order valence-electron chi connectivity index (χ4n) is 3.67. The van der Waals surface area contributed by atoms with E-state index in [0.29, 0.717) is 35.1 Å². The molecule has 3 heterocycles. The van der Waals surface area contributed by atoms with Crippen molar-refractivity contribution in [1.29, 1.82) is 0 Å². The number of aromatic nitrogens is 1. The molecule has 32 heavy (non-hydrogen) atoms. The van der Waals surface area contributed by atoms with Gasteiger partial charge in [0, 0.05) is 24.0 Å². The average Bonchev–Trinajstić information content (AvgIpc) is 3.36. The van der Waals surface area contributed by atoms with Crippen LogP contribution in [-0.2, 0) is 10.0 Å². The molecule has 1 aliphatic heterocycles. The van der Waals surface area contributed by atoms with Gasteiger partial charge in [-0.25, -0.2) is 13.4 Å². The van der Waals surface area contributed by atoms with Gasteiger partial charge in [0.25, 0.3) is 5.91 Å². The number of methoxy groups -OCH3 is 1. The molecule has 1 saturated heterocycles. The molecule has 0 radical (unpaired) electrons. The molecule has 1 fully saturated rings. The third-order valence-corrected chi connectivity index (χ3v) is 9.18. The van der Waals surface area contributed by atoms with Crippen molar-refractivity contribution in [3.05, 3.63) is 45.6 Å². The number of anilines is 1. The summed E-state index contributed by atoms with van der Waals surface area (Å²) in [6.45, 7) is 2.82. The second-order valence-electron chi connectivity index (χ2n) is 7.58. The third-order valence-electron chi connectivity index (χ3n) is 5.39. The lowest BCUT2D eigenvalue weighted by Gasteiger charge is -2.21. The first-order valence-corrected chi connectivity index (χ1v) is 13.6. The van der Waals surface area contributed by atoms with Crippen LogP contribution in [0.3, 0.4) is 0 Å². The maximum absolute atomic E-state index is 13.2. The smallest absolute Gasteiger partial charge is 0.267 e. The first kappa shape index (κ1) is 22.9. The van der Waals surface area contributed by atoms with Gasteiger partial charge in [0.05, 0.1) is 23.4 Å². The Bertz CT molecular complexity index is 1200. The van der Waals surface area contributed by atoms with Crippen molar-refractivity contribution in [2.75, 3.05) is 25.5 Å². The first-order valence-electron chi connectivity index (χ1n) is 10.4. The Morgan fingerprint density at radius 1 is 1.16 bits per heavy atom. The summed E-state index contributed by atoms with van der Waals surface area (Å²) in [5, 5.41) is 7.56. The van der Waals surface area contributed by atoms with E-state index >= 15 is 0 Å². The van der Waals surface area contributed by atoms with Crippen molar-refractivity contribution in [1.82, 2.24) is 9.29 Å². The number of carbonyl (C=O) groups is 1. The molecule has 7 nitrogen and oxygen atoms in total. The van der Waals surface area contributed by atoms with Crippen LogP contribution in [-0.4, -0.2) is 43.8 Å². The highest BCUT2D eigenvalue weighted by atomic mass is 32.2. The summed E-state index contributed by atoms with van der Waals surface area (Å²) in [7, 11) is -2.16. The molecule has 4 rings (SSSR count). The number of benzene rings is 1. The minimum atomic E-state index is -3.65. The number of rotatable bonds is 6. The van der Waals surface area contributed by atoms with Crippen LogP contribution in [0.4, 0.5) is 5.69 Å². The number of amides is 1. The normalized spacial score (nSPS) is 15.3. The van der Waals surface area contributed by atoms with Gasteiger partial charge in [0.15, 0.2) is 0 Å². The van der Waals surface area contributed by atoms with Crippen molar-refractivity contribution in [3.8, 4) is 16.3 Å². The van der Waals surface area contributed by atoms with Gasteiger partial charge in [-0.15, -0.1) is 11.3 Å². The van der Waals surface area contributed by atoms with Crippen LogP contribution in [0, 0.1) is 6.92 Å². The van der Waals surface area contributed by atoms with Crippen LogP contribution in [0.5, 0.6) is 5.75 Å². The van der Waals surface area contributed by atoms with Crippen molar-refractivity contribution < 1.29 is 17.9 Å². The number of sulfonamides is 1. The van der Waals surface area contributed by atoms with E-state index in [0.717, 1.165) is 36.3 Å². The maximum atomic E-state index is 13.2. The Kier molecular flexibility index (Phi) is 6.94. The lowest BCUT2D eigenvalue weighted by atomic mass is 10.2. The van der Waals surface area contributed by atoms with Crippen LogP contribution in [0.2, 0.25) is 0 Å². The van der Waals surface area contributed by atoms with E-state index in [4.69, 9.17) is 4.74 Å².